The lowest BCUT2D eigenvalue weighted by Gasteiger charge is -2.06. The van der Waals surface area contributed by atoms with Crippen molar-refractivity contribution in [3.8, 4) is 0 Å². The number of aromatic nitrogens is 1. The maximum atomic E-state index is 10.7. The van der Waals surface area contributed by atoms with Gasteiger partial charge in [-0.15, -0.1) is 0 Å². The molecule has 1 N–H and O–H groups in total. The number of carbonyl (C=O) groups is 1. The monoisotopic (exact) mass is 295 g/mol. The van der Waals surface area contributed by atoms with E-state index >= 15 is 0 Å². The topological polar surface area (TPSA) is 50.2 Å². The quantitative estimate of drug-likeness (QED) is 0.790. The second-order valence-electron chi connectivity index (χ2n) is 4.64. The number of fused-ring (bicyclic) bond motifs is 1. The molecule has 0 atom stereocenters. The van der Waals surface area contributed by atoms with Gasteiger partial charge in [0, 0.05) is 21.4 Å². The van der Waals surface area contributed by atoms with E-state index in [1.165, 1.54) is 0 Å². The summed E-state index contributed by atoms with van der Waals surface area (Å²) >= 11 is 1.66. The fourth-order valence-electron chi connectivity index (χ4n) is 2.14. The van der Waals surface area contributed by atoms with Gasteiger partial charge in [-0.05, 0) is 29.8 Å². The van der Waals surface area contributed by atoms with Crippen LogP contribution in [0.3, 0.4) is 0 Å². The van der Waals surface area contributed by atoms with E-state index in [1.807, 2.05) is 54.7 Å². The SMILES string of the molecule is O=C(O)Cc1ccc(Sc2ccnc3ccccc23)cc1. The van der Waals surface area contributed by atoms with Crippen LogP contribution >= 0.6 is 11.8 Å². The van der Waals surface area contributed by atoms with Crippen molar-refractivity contribution in [1.29, 1.82) is 0 Å². The van der Waals surface area contributed by atoms with Crippen molar-refractivity contribution in [3.63, 3.8) is 0 Å². The van der Waals surface area contributed by atoms with Gasteiger partial charge in [0.15, 0.2) is 0 Å². The van der Waals surface area contributed by atoms with E-state index < -0.39 is 5.97 Å². The highest BCUT2D eigenvalue weighted by Gasteiger charge is 2.05. The summed E-state index contributed by atoms with van der Waals surface area (Å²) in [6, 6.07) is 17.7. The Morgan fingerprint density at radius 2 is 1.81 bits per heavy atom. The standard InChI is InChI=1S/C17H13NO2S/c19-17(20)11-12-5-7-13(8-6-12)21-16-9-10-18-15-4-2-1-3-14(15)16/h1-10H,11H2,(H,19,20). The molecule has 104 valence electrons. The molecule has 0 amide bonds. The van der Waals surface area contributed by atoms with Gasteiger partial charge in [-0.2, -0.15) is 0 Å². The van der Waals surface area contributed by atoms with E-state index in [4.69, 9.17) is 5.11 Å². The van der Waals surface area contributed by atoms with Gasteiger partial charge in [0.1, 0.15) is 0 Å². The molecule has 3 aromatic rings. The minimum Gasteiger partial charge on any atom is -0.481 e. The number of carboxylic acids is 1. The first-order chi connectivity index (χ1) is 10.2. The van der Waals surface area contributed by atoms with Crippen LogP contribution in [0.25, 0.3) is 10.9 Å². The summed E-state index contributed by atoms with van der Waals surface area (Å²) in [5.74, 6) is -0.810. The highest BCUT2D eigenvalue weighted by molar-refractivity contribution is 7.99. The molecule has 0 saturated carbocycles. The zero-order valence-corrected chi connectivity index (χ0v) is 12.0. The second kappa shape index (κ2) is 5.97. The molecule has 0 spiro atoms. The molecule has 0 saturated heterocycles. The summed E-state index contributed by atoms with van der Waals surface area (Å²) in [4.78, 5) is 17.3. The Hall–Kier alpha value is -2.33. The van der Waals surface area contributed by atoms with E-state index in [-0.39, 0.29) is 6.42 Å². The van der Waals surface area contributed by atoms with E-state index in [0.717, 1.165) is 26.3 Å². The van der Waals surface area contributed by atoms with Crippen LogP contribution in [0, 0.1) is 0 Å². The molecular formula is C17H13NO2S. The summed E-state index contributed by atoms with van der Waals surface area (Å²) in [7, 11) is 0. The van der Waals surface area contributed by atoms with Crippen LogP contribution in [0.1, 0.15) is 5.56 Å². The predicted molar refractivity (Wildman–Crippen MR) is 83.6 cm³/mol. The normalized spacial score (nSPS) is 10.7. The molecule has 3 nitrogen and oxygen atoms in total. The highest BCUT2D eigenvalue weighted by atomic mass is 32.2. The zero-order chi connectivity index (χ0) is 14.7. The predicted octanol–water partition coefficient (Wildman–Crippen LogP) is 4.01. The molecule has 4 heteroatoms. The Morgan fingerprint density at radius 1 is 1.05 bits per heavy atom. The lowest BCUT2D eigenvalue weighted by atomic mass is 10.2. The molecule has 0 aliphatic carbocycles. The molecular weight excluding hydrogens is 282 g/mol. The Kier molecular flexibility index (Phi) is 3.88. The van der Waals surface area contributed by atoms with Gasteiger partial charge < -0.3 is 5.11 Å². The smallest absolute Gasteiger partial charge is 0.307 e. The van der Waals surface area contributed by atoms with Crippen LogP contribution < -0.4 is 0 Å². The van der Waals surface area contributed by atoms with Crippen molar-refractivity contribution in [2.45, 2.75) is 16.2 Å². The second-order valence-corrected chi connectivity index (χ2v) is 5.76. The summed E-state index contributed by atoms with van der Waals surface area (Å²) in [5, 5.41) is 9.90. The van der Waals surface area contributed by atoms with Gasteiger partial charge in [0.25, 0.3) is 0 Å². The van der Waals surface area contributed by atoms with Crippen LogP contribution in [-0.4, -0.2) is 16.1 Å². The molecule has 0 aliphatic heterocycles. The molecule has 2 aromatic carbocycles. The summed E-state index contributed by atoms with van der Waals surface area (Å²) < 4.78 is 0. The molecule has 1 aromatic heterocycles. The molecule has 3 rings (SSSR count). The van der Waals surface area contributed by atoms with Gasteiger partial charge >= 0.3 is 5.97 Å². The zero-order valence-electron chi connectivity index (χ0n) is 11.2. The number of pyridine rings is 1. The fraction of sp³-hybridized carbons (Fsp3) is 0.0588. The first kappa shape index (κ1) is 13.6. The molecule has 0 bridgehead atoms. The largest absolute Gasteiger partial charge is 0.481 e. The van der Waals surface area contributed by atoms with E-state index in [1.54, 1.807) is 11.8 Å². The van der Waals surface area contributed by atoms with E-state index in [9.17, 15) is 4.79 Å². The van der Waals surface area contributed by atoms with Gasteiger partial charge in [0.05, 0.1) is 11.9 Å². The third-order valence-electron chi connectivity index (χ3n) is 3.12. The minimum atomic E-state index is -0.810. The highest BCUT2D eigenvalue weighted by Crippen LogP contribution is 2.32. The van der Waals surface area contributed by atoms with Crippen molar-refractivity contribution in [2.75, 3.05) is 0 Å². The molecule has 0 aliphatic rings. The van der Waals surface area contributed by atoms with Crippen LogP contribution in [0.5, 0.6) is 0 Å². The van der Waals surface area contributed by atoms with Gasteiger partial charge in [-0.3, -0.25) is 9.78 Å². The average molecular weight is 295 g/mol. The van der Waals surface area contributed by atoms with E-state index in [0.29, 0.717) is 0 Å². The van der Waals surface area contributed by atoms with Gasteiger partial charge in [-0.25, -0.2) is 0 Å². The summed E-state index contributed by atoms with van der Waals surface area (Å²) in [6.07, 6.45) is 1.87. The number of carboxylic acid groups (broad SMARTS) is 1. The lowest BCUT2D eigenvalue weighted by Crippen LogP contribution is -1.99. The first-order valence-electron chi connectivity index (χ1n) is 6.55. The number of hydrogen-bond acceptors (Lipinski definition) is 3. The van der Waals surface area contributed by atoms with Gasteiger partial charge in [0.2, 0.25) is 0 Å². The third kappa shape index (κ3) is 3.23. The average Bonchev–Trinajstić information content (AvgIpc) is 2.49. The van der Waals surface area contributed by atoms with E-state index in [2.05, 4.69) is 11.1 Å². The van der Waals surface area contributed by atoms with Crippen molar-refractivity contribution in [1.82, 2.24) is 4.98 Å². The van der Waals surface area contributed by atoms with Crippen molar-refractivity contribution in [2.24, 2.45) is 0 Å². The Morgan fingerprint density at radius 3 is 2.57 bits per heavy atom. The maximum absolute atomic E-state index is 10.7. The molecule has 0 radical (unpaired) electrons. The van der Waals surface area contributed by atoms with Crippen molar-refractivity contribution in [3.05, 3.63) is 66.4 Å². The first-order valence-corrected chi connectivity index (χ1v) is 7.36. The third-order valence-corrected chi connectivity index (χ3v) is 4.20. The van der Waals surface area contributed by atoms with Crippen LogP contribution in [0.4, 0.5) is 0 Å². The summed E-state index contributed by atoms with van der Waals surface area (Å²) in [5.41, 5.74) is 1.79. The number of aliphatic carboxylic acids is 1. The number of para-hydroxylation sites is 1. The van der Waals surface area contributed by atoms with Crippen LogP contribution in [0.15, 0.2) is 70.6 Å². The molecule has 0 unspecified atom stereocenters. The number of rotatable bonds is 4. The Labute approximate surface area is 126 Å². The van der Waals surface area contributed by atoms with Crippen LogP contribution in [0.2, 0.25) is 0 Å². The van der Waals surface area contributed by atoms with Crippen molar-refractivity contribution < 1.29 is 9.90 Å². The Balaban J connectivity index is 1.87. The van der Waals surface area contributed by atoms with Gasteiger partial charge in [-0.1, -0.05) is 42.1 Å². The fourth-order valence-corrected chi connectivity index (χ4v) is 3.07. The number of hydrogen-bond donors (Lipinski definition) is 1. The summed E-state index contributed by atoms with van der Waals surface area (Å²) in [6.45, 7) is 0. The molecule has 21 heavy (non-hydrogen) atoms. The number of benzene rings is 2. The van der Waals surface area contributed by atoms with Crippen molar-refractivity contribution >= 4 is 28.6 Å². The minimum absolute atomic E-state index is 0.0587. The molecule has 0 fully saturated rings. The Bertz CT molecular complexity index is 779. The van der Waals surface area contributed by atoms with Crippen LogP contribution in [-0.2, 0) is 11.2 Å². The number of nitrogens with zero attached hydrogens (tertiary/aromatic N) is 1. The maximum Gasteiger partial charge on any atom is 0.307 e. The lowest BCUT2D eigenvalue weighted by molar-refractivity contribution is -0.136. The molecule has 1 heterocycles.